The number of benzene rings is 1. The van der Waals surface area contributed by atoms with Crippen molar-refractivity contribution in [2.24, 2.45) is 0 Å². The Hall–Kier alpha value is 0.480. The van der Waals surface area contributed by atoms with Gasteiger partial charge in [-0.25, -0.2) is 0 Å². The second-order valence-electron chi connectivity index (χ2n) is 2.75. The van der Waals surface area contributed by atoms with Crippen LogP contribution in [-0.4, -0.2) is 6.61 Å². The van der Waals surface area contributed by atoms with Crippen molar-refractivity contribution in [2.45, 2.75) is 19.8 Å². The van der Waals surface area contributed by atoms with E-state index in [9.17, 15) is 0 Å². The van der Waals surface area contributed by atoms with Crippen molar-refractivity contribution >= 4 is 45.2 Å². The van der Waals surface area contributed by atoms with Crippen LogP contribution in [-0.2, 0) is 0 Å². The van der Waals surface area contributed by atoms with E-state index in [0.29, 0.717) is 0 Å². The van der Waals surface area contributed by atoms with Crippen LogP contribution in [0.2, 0.25) is 0 Å². The predicted molar refractivity (Wildman–Crippen MR) is 72.3 cm³/mol. The number of para-hydroxylation sites is 1. The smallest absolute Gasteiger partial charge is 0.145 e. The molecule has 0 spiro atoms. The number of hydrogen-bond donors (Lipinski definition) is 0. The highest BCUT2D eigenvalue weighted by Gasteiger charge is 2.04. The van der Waals surface area contributed by atoms with E-state index in [2.05, 4.69) is 70.3 Å². The number of unbranched alkanes of at least 4 members (excludes halogenated alkanes) is 1. The van der Waals surface area contributed by atoms with Gasteiger partial charge in [-0.3, -0.25) is 0 Å². The molecule has 0 atom stereocenters. The van der Waals surface area contributed by atoms with Crippen LogP contribution in [0.1, 0.15) is 19.8 Å². The summed E-state index contributed by atoms with van der Waals surface area (Å²) in [5.41, 5.74) is 0. The fraction of sp³-hybridized carbons (Fsp3) is 0.400. The van der Waals surface area contributed by atoms with Gasteiger partial charge in [0.05, 0.1) is 13.7 Å². The summed E-state index contributed by atoms with van der Waals surface area (Å²) in [6.45, 7) is 3.00. The molecule has 3 heteroatoms. The number of hydrogen-bond acceptors (Lipinski definition) is 1. The van der Waals surface area contributed by atoms with Gasteiger partial charge < -0.3 is 4.74 Å². The summed E-state index contributed by atoms with van der Waals surface area (Å²) in [6, 6.07) is 6.20. The third-order valence-electron chi connectivity index (χ3n) is 1.66. The van der Waals surface area contributed by atoms with Gasteiger partial charge in [-0.2, -0.15) is 0 Å². The van der Waals surface area contributed by atoms with E-state index in [1.807, 2.05) is 0 Å². The van der Waals surface area contributed by atoms with Crippen LogP contribution in [0.25, 0.3) is 0 Å². The largest absolute Gasteiger partial charge is 0.491 e. The molecule has 0 N–H and O–H groups in total. The van der Waals surface area contributed by atoms with Crippen LogP contribution in [0, 0.1) is 7.14 Å². The molecule has 1 rings (SSSR count). The highest BCUT2D eigenvalue weighted by atomic mass is 127. The number of ether oxygens (including phenoxy) is 1. The van der Waals surface area contributed by atoms with Gasteiger partial charge >= 0.3 is 0 Å². The quantitative estimate of drug-likeness (QED) is 0.545. The summed E-state index contributed by atoms with van der Waals surface area (Å²) in [6.07, 6.45) is 2.31. The van der Waals surface area contributed by atoms with Crippen LogP contribution in [0.4, 0.5) is 0 Å². The normalized spacial score (nSPS) is 10.1. The molecule has 0 saturated carbocycles. The van der Waals surface area contributed by atoms with Gasteiger partial charge in [0.2, 0.25) is 0 Å². The number of halogens is 2. The fourth-order valence-electron chi connectivity index (χ4n) is 0.939. The molecule has 1 aromatic rings. The first kappa shape index (κ1) is 11.6. The van der Waals surface area contributed by atoms with Gasteiger partial charge in [0.25, 0.3) is 0 Å². The lowest BCUT2D eigenvalue weighted by molar-refractivity contribution is 0.305. The minimum Gasteiger partial charge on any atom is -0.491 e. The van der Waals surface area contributed by atoms with Crippen LogP contribution >= 0.6 is 45.2 Å². The molecule has 0 aliphatic carbocycles. The standard InChI is InChI=1S/C10H12I2O/c1-2-3-7-13-10-8(11)5-4-6-9(10)12/h4-6H,2-3,7H2,1H3. The molecule has 0 aromatic heterocycles. The van der Waals surface area contributed by atoms with Crippen molar-refractivity contribution in [3.05, 3.63) is 25.3 Å². The molecule has 13 heavy (non-hydrogen) atoms. The Labute approximate surface area is 107 Å². The van der Waals surface area contributed by atoms with E-state index in [4.69, 9.17) is 4.74 Å². The van der Waals surface area contributed by atoms with Gasteiger partial charge in [-0.1, -0.05) is 19.4 Å². The lowest BCUT2D eigenvalue weighted by Gasteiger charge is -2.09. The van der Waals surface area contributed by atoms with Crippen molar-refractivity contribution in [1.82, 2.24) is 0 Å². The van der Waals surface area contributed by atoms with Crippen molar-refractivity contribution in [3.8, 4) is 5.75 Å². The summed E-state index contributed by atoms with van der Waals surface area (Å²) < 4.78 is 8.08. The highest BCUT2D eigenvalue weighted by Crippen LogP contribution is 2.26. The van der Waals surface area contributed by atoms with Crippen molar-refractivity contribution in [1.29, 1.82) is 0 Å². The highest BCUT2D eigenvalue weighted by molar-refractivity contribution is 14.1. The summed E-state index contributed by atoms with van der Waals surface area (Å²) in [7, 11) is 0. The lowest BCUT2D eigenvalue weighted by Crippen LogP contribution is -1.99. The average molecular weight is 402 g/mol. The number of rotatable bonds is 4. The maximum atomic E-state index is 5.69. The Morgan fingerprint density at radius 2 is 1.85 bits per heavy atom. The van der Waals surface area contributed by atoms with Gasteiger partial charge in [0, 0.05) is 0 Å². The molecule has 0 aliphatic heterocycles. The zero-order valence-electron chi connectivity index (χ0n) is 7.52. The summed E-state index contributed by atoms with van der Waals surface area (Å²) in [5.74, 6) is 1.04. The summed E-state index contributed by atoms with van der Waals surface area (Å²) >= 11 is 4.62. The van der Waals surface area contributed by atoms with Gasteiger partial charge in [-0.15, -0.1) is 0 Å². The summed E-state index contributed by atoms with van der Waals surface area (Å²) in [4.78, 5) is 0. The Morgan fingerprint density at radius 1 is 1.23 bits per heavy atom. The molecular formula is C10H12I2O. The third-order valence-corrected chi connectivity index (χ3v) is 3.36. The molecule has 1 aromatic carbocycles. The van der Waals surface area contributed by atoms with E-state index < -0.39 is 0 Å². The van der Waals surface area contributed by atoms with E-state index in [-0.39, 0.29) is 0 Å². The van der Waals surface area contributed by atoms with Crippen molar-refractivity contribution in [3.63, 3.8) is 0 Å². The first-order valence-electron chi connectivity index (χ1n) is 4.32. The molecule has 0 unspecified atom stereocenters. The van der Waals surface area contributed by atoms with E-state index in [1.165, 1.54) is 13.6 Å². The molecule has 1 nitrogen and oxygen atoms in total. The Morgan fingerprint density at radius 3 is 2.38 bits per heavy atom. The summed E-state index contributed by atoms with van der Waals surface area (Å²) in [5, 5.41) is 0. The predicted octanol–water partition coefficient (Wildman–Crippen LogP) is 4.07. The maximum Gasteiger partial charge on any atom is 0.145 e. The van der Waals surface area contributed by atoms with Crippen LogP contribution in [0.3, 0.4) is 0 Å². The molecule has 0 radical (unpaired) electrons. The van der Waals surface area contributed by atoms with Gasteiger partial charge in [0.1, 0.15) is 5.75 Å². The first-order valence-corrected chi connectivity index (χ1v) is 6.48. The lowest BCUT2D eigenvalue weighted by atomic mass is 10.3. The molecular weight excluding hydrogens is 390 g/mol. The minimum atomic E-state index is 0.826. The second-order valence-corrected chi connectivity index (χ2v) is 5.08. The first-order chi connectivity index (χ1) is 6.25. The average Bonchev–Trinajstić information content (AvgIpc) is 2.10. The van der Waals surface area contributed by atoms with E-state index in [0.717, 1.165) is 18.8 Å². The monoisotopic (exact) mass is 402 g/mol. The van der Waals surface area contributed by atoms with Crippen LogP contribution in [0.15, 0.2) is 18.2 Å². The maximum absolute atomic E-state index is 5.69. The van der Waals surface area contributed by atoms with E-state index in [1.54, 1.807) is 0 Å². The molecule has 0 aliphatic rings. The van der Waals surface area contributed by atoms with Crippen LogP contribution < -0.4 is 4.74 Å². The van der Waals surface area contributed by atoms with Crippen molar-refractivity contribution in [2.75, 3.05) is 6.61 Å². The molecule has 0 heterocycles. The minimum absolute atomic E-state index is 0.826. The second kappa shape index (κ2) is 6.06. The molecule has 0 bridgehead atoms. The third kappa shape index (κ3) is 3.61. The zero-order chi connectivity index (χ0) is 9.68. The zero-order valence-corrected chi connectivity index (χ0v) is 11.8. The Kier molecular flexibility index (Phi) is 5.38. The topological polar surface area (TPSA) is 9.23 Å². The van der Waals surface area contributed by atoms with Gasteiger partial charge in [0.15, 0.2) is 0 Å². The fourth-order valence-corrected chi connectivity index (χ4v) is 2.76. The van der Waals surface area contributed by atoms with E-state index >= 15 is 0 Å². The van der Waals surface area contributed by atoms with Crippen molar-refractivity contribution < 1.29 is 4.74 Å². The molecule has 0 saturated heterocycles. The molecule has 0 fully saturated rings. The SMILES string of the molecule is CCCCOc1c(I)cccc1I. The van der Waals surface area contributed by atoms with Gasteiger partial charge in [-0.05, 0) is 63.7 Å². The molecule has 72 valence electrons. The Balaban J connectivity index is 2.64. The Bertz CT molecular complexity index is 253. The molecule has 0 amide bonds. The van der Waals surface area contributed by atoms with Crippen LogP contribution in [0.5, 0.6) is 5.75 Å².